The number of amides is 2. The zero-order valence-electron chi connectivity index (χ0n) is 16.0. The van der Waals surface area contributed by atoms with Crippen LogP contribution in [0.25, 0.3) is 10.6 Å². The first kappa shape index (κ1) is 19.6. The predicted octanol–water partition coefficient (Wildman–Crippen LogP) is 3.65. The number of carbonyl (C=O) groups is 2. The van der Waals surface area contributed by atoms with E-state index in [-0.39, 0.29) is 24.8 Å². The number of rotatable bonds is 7. The second-order valence-corrected chi connectivity index (χ2v) is 8.90. The molecule has 0 saturated carbocycles. The van der Waals surface area contributed by atoms with Crippen molar-refractivity contribution in [1.82, 2.24) is 10.3 Å². The molecule has 2 aromatic heterocycles. The van der Waals surface area contributed by atoms with Crippen LogP contribution in [0, 0.1) is 6.92 Å². The van der Waals surface area contributed by atoms with Crippen LogP contribution in [0.4, 0.5) is 5.69 Å². The summed E-state index contributed by atoms with van der Waals surface area (Å²) in [6, 6.07) is 11.6. The van der Waals surface area contributed by atoms with Gasteiger partial charge in [0.2, 0.25) is 5.91 Å². The van der Waals surface area contributed by atoms with Crippen molar-refractivity contribution in [2.45, 2.75) is 19.8 Å². The van der Waals surface area contributed by atoms with Gasteiger partial charge in [-0.1, -0.05) is 12.1 Å². The summed E-state index contributed by atoms with van der Waals surface area (Å²) in [4.78, 5) is 32.9. The summed E-state index contributed by atoms with van der Waals surface area (Å²) in [5.74, 6) is 0.491. The molecule has 1 N–H and O–H groups in total. The number of hydrogen-bond acceptors (Lipinski definition) is 6. The van der Waals surface area contributed by atoms with Crippen LogP contribution >= 0.6 is 22.7 Å². The van der Waals surface area contributed by atoms with Crippen molar-refractivity contribution in [2.75, 3.05) is 24.6 Å². The summed E-state index contributed by atoms with van der Waals surface area (Å²) in [5, 5.41) is 6.07. The first-order valence-electron chi connectivity index (χ1n) is 9.40. The summed E-state index contributed by atoms with van der Waals surface area (Å²) in [5.41, 5.74) is 1.74. The van der Waals surface area contributed by atoms with Gasteiger partial charge in [0.1, 0.15) is 5.75 Å². The monoisotopic (exact) mass is 427 g/mol. The van der Waals surface area contributed by atoms with E-state index in [2.05, 4.69) is 27.8 Å². The van der Waals surface area contributed by atoms with Gasteiger partial charge in [0.05, 0.1) is 21.3 Å². The number of nitrogens with zero attached hydrogens (tertiary/aromatic N) is 2. The molecule has 29 heavy (non-hydrogen) atoms. The number of anilines is 1. The Labute approximate surface area is 177 Å². The highest BCUT2D eigenvalue weighted by molar-refractivity contribution is 7.16. The van der Waals surface area contributed by atoms with Crippen molar-refractivity contribution in [3.8, 4) is 16.3 Å². The fourth-order valence-electron chi connectivity index (χ4n) is 3.15. The molecule has 0 atom stereocenters. The van der Waals surface area contributed by atoms with Crippen molar-refractivity contribution in [2.24, 2.45) is 0 Å². The quantitative estimate of drug-likeness (QED) is 0.625. The summed E-state index contributed by atoms with van der Waals surface area (Å²) in [6.45, 7) is 2.93. The molecule has 0 saturated heterocycles. The smallest absolute Gasteiger partial charge is 0.265 e. The third-order valence-corrected chi connectivity index (χ3v) is 6.54. The molecular weight excluding hydrogens is 406 g/mol. The molecule has 0 unspecified atom stereocenters. The Balaban J connectivity index is 1.25. The molecule has 2 amide bonds. The van der Waals surface area contributed by atoms with Crippen LogP contribution in [0.2, 0.25) is 0 Å². The fourth-order valence-corrected chi connectivity index (χ4v) is 4.81. The van der Waals surface area contributed by atoms with Gasteiger partial charge in [-0.2, -0.15) is 0 Å². The first-order valence-corrected chi connectivity index (χ1v) is 11.1. The van der Waals surface area contributed by atoms with Crippen LogP contribution in [0.15, 0.2) is 41.8 Å². The molecule has 0 fully saturated rings. The third kappa shape index (κ3) is 4.65. The molecule has 1 aromatic carbocycles. The maximum atomic E-state index is 12.2. The number of thiophene rings is 1. The standard InChI is InChI=1S/C21H21N3O3S2/c1-14-23-16(13-28-14)19-7-6-15(29-19)8-10-22-20(25)9-11-24-17-4-2-3-5-18(17)27-12-21(24)26/h2-7,13H,8-12H2,1H3,(H,22,25). The van der Waals surface area contributed by atoms with E-state index in [0.29, 0.717) is 18.8 Å². The second kappa shape index (κ2) is 8.75. The van der Waals surface area contributed by atoms with E-state index in [1.54, 1.807) is 27.6 Å². The Morgan fingerprint density at radius 1 is 1.28 bits per heavy atom. The molecular formula is C21H21N3O3S2. The Morgan fingerprint density at radius 2 is 2.14 bits per heavy atom. The summed E-state index contributed by atoms with van der Waals surface area (Å²) < 4.78 is 5.43. The van der Waals surface area contributed by atoms with E-state index in [0.717, 1.165) is 27.7 Å². The minimum atomic E-state index is -0.125. The number of aryl methyl sites for hydroxylation is 1. The molecule has 4 rings (SSSR count). The molecule has 150 valence electrons. The van der Waals surface area contributed by atoms with Crippen molar-refractivity contribution in [3.05, 3.63) is 51.7 Å². The van der Waals surface area contributed by atoms with Crippen LogP contribution in [0.5, 0.6) is 5.75 Å². The van der Waals surface area contributed by atoms with Crippen LogP contribution in [-0.2, 0) is 16.0 Å². The maximum Gasteiger partial charge on any atom is 0.265 e. The van der Waals surface area contributed by atoms with Crippen LogP contribution in [0.1, 0.15) is 16.3 Å². The Kier molecular flexibility index (Phi) is 5.92. The van der Waals surface area contributed by atoms with Gasteiger partial charge in [0, 0.05) is 29.8 Å². The van der Waals surface area contributed by atoms with E-state index in [1.165, 1.54) is 4.88 Å². The molecule has 6 nitrogen and oxygen atoms in total. The molecule has 0 spiro atoms. The molecule has 0 bridgehead atoms. The van der Waals surface area contributed by atoms with Gasteiger partial charge in [0.25, 0.3) is 5.91 Å². The van der Waals surface area contributed by atoms with Gasteiger partial charge in [-0.15, -0.1) is 22.7 Å². The van der Waals surface area contributed by atoms with Gasteiger partial charge in [-0.25, -0.2) is 4.98 Å². The van der Waals surface area contributed by atoms with E-state index >= 15 is 0 Å². The molecule has 1 aliphatic heterocycles. The number of carbonyl (C=O) groups excluding carboxylic acids is 2. The summed E-state index contributed by atoms with van der Waals surface area (Å²) >= 11 is 3.35. The van der Waals surface area contributed by atoms with E-state index < -0.39 is 0 Å². The molecule has 0 radical (unpaired) electrons. The second-order valence-electron chi connectivity index (χ2n) is 6.67. The maximum absolute atomic E-state index is 12.2. The van der Waals surface area contributed by atoms with Gasteiger partial charge in [-0.3, -0.25) is 9.59 Å². The molecule has 3 aromatic rings. The van der Waals surface area contributed by atoms with E-state index in [9.17, 15) is 9.59 Å². The Morgan fingerprint density at radius 3 is 2.97 bits per heavy atom. The van der Waals surface area contributed by atoms with Gasteiger partial charge in [-0.05, 0) is 37.6 Å². The molecule has 3 heterocycles. The number of aromatic nitrogens is 1. The largest absolute Gasteiger partial charge is 0.482 e. The van der Waals surface area contributed by atoms with Crippen molar-refractivity contribution in [1.29, 1.82) is 0 Å². The highest BCUT2D eigenvalue weighted by Crippen LogP contribution is 2.31. The third-order valence-electron chi connectivity index (χ3n) is 4.60. The number of nitrogens with one attached hydrogen (secondary N) is 1. The van der Waals surface area contributed by atoms with Crippen LogP contribution in [0.3, 0.4) is 0 Å². The SMILES string of the molecule is Cc1nc(-c2ccc(CCNC(=O)CCN3C(=O)COc4ccccc43)s2)cs1. The van der Waals surface area contributed by atoms with E-state index in [4.69, 9.17) is 4.74 Å². The zero-order valence-corrected chi connectivity index (χ0v) is 17.6. The summed E-state index contributed by atoms with van der Waals surface area (Å²) in [6.07, 6.45) is 1.03. The van der Waals surface area contributed by atoms with E-state index in [1.807, 2.05) is 31.2 Å². The Hall–Kier alpha value is -2.71. The van der Waals surface area contributed by atoms with Crippen molar-refractivity contribution >= 4 is 40.2 Å². The lowest BCUT2D eigenvalue weighted by atomic mass is 10.2. The number of fused-ring (bicyclic) bond motifs is 1. The predicted molar refractivity (Wildman–Crippen MR) is 116 cm³/mol. The lowest BCUT2D eigenvalue weighted by Crippen LogP contribution is -2.41. The van der Waals surface area contributed by atoms with Gasteiger partial charge < -0.3 is 15.0 Å². The lowest BCUT2D eigenvalue weighted by Gasteiger charge is -2.29. The Bertz CT molecular complexity index is 1030. The highest BCUT2D eigenvalue weighted by atomic mass is 32.1. The number of thiazole rings is 1. The topological polar surface area (TPSA) is 71.5 Å². The number of para-hydroxylation sites is 2. The first-order chi connectivity index (χ1) is 14.1. The minimum Gasteiger partial charge on any atom is -0.482 e. The minimum absolute atomic E-state index is 0.0118. The fraction of sp³-hybridized carbons (Fsp3) is 0.286. The van der Waals surface area contributed by atoms with Crippen molar-refractivity contribution < 1.29 is 14.3 Å². The van der Waals surface area contributed by atoms with Crippen LogP contribution in [-0.4, -0.2) is 36.5 Å². The highest BCUT2D eigenvalue weighted by Gasteiger charge is 2.25. The summed E-state index contributed by atoms with van der Waals surface area (Å²) in [7, 11) is 0. The number of benzene rings is 1. The molecule has 1 aliphatic rings. The van der Waals surface area contributed by atoms with Gasteiger partial charge >= 0.3 is 0 Å². The zero-order chi connectivity index (χ0) is 20.2. The normalized spacial score (nSPS) is 13.1. The lowest BCUT2D eigenvalue weighted by molar-refractivity contribution is -0.122. The average Bonchev–Trinajstić information content (AvgIpc) is 3.36. The number of ether oxygens (including phenoxy) is 1. The molecule has 8 heteroatoms. The van der Waals surface area contributed by atoms with Gasteiger partial charge in [0.15, 0.2) is 6.61 Å². The number of hydrogen-bond donors (Lipinski definition) is 1. The van der Waals surface area contributed by atoms with Crippen LogP contribution < -0.4 is 15.0 Å². The average molecular weight is 428 g/mol. The van der Waals surface area contributed by atoms with Crippen molar-refractivity contribution in [3.63, 3.8) is 0 Å². The molecule has 0 aliphatic carbocycles.